The topological polar surface area (TPSA) is 63.3 Å². The summed E-state index contributed by atoms with van der Waals surface area (Å²) in [5.41, 5.74) is 2.10. The Hall–Kier alpha value is -1.60. The third-order valence-corrected chi connectivity index (χ3v) is 5.74. The first-order valence-electron chi connectivity index (χ1n) is 8.83. The number of carbonyl (C=O) groups excluding carboxylic acids is 1. The molecule has 2 aromatic heterocycles. The number of carbonyl (C=O) groups is 1. The highest BCUT2D eigenvalue weighted by molar-refractivity contribution is 9.10. The highest BCUT2D eigenvalue weighted by Crippen LogP contribution is 2.19. The zero-order chi connectivity index (χ0) is 17.8. The average Bonchev–Trinajstić information content (AvgIpc) is 3.32. The van der Waals surface area contributed by atoms with Crippen LogP contribution in [0.15, 0.2) is 21.0 Å². The van der Waals surface area contributed by atoms with E-state index in [1.165, 1.54) is 12.8 Å². The molecule has 1 fully saturated rings. The quantitative estimate of drug-likeness (QED) is 0.713. The van der Waals surface area contributed by atoms with Crippen LogP contribution in [0, 0.1) is 13.8 Å². The summed E-state index contributed by atoms with van der Waals surface area (Å²) in [6.07, 6.45) is 3.32. The van der Waals surface area contributed by atoms with Crippen molar-refractivity contribution in [1.82, 2.24) is 20.0 Å². The lowest BCUT2D eigenvalue weighted by atomic mass is 10.3. The molecule has 0 saturated carbocycles. The van der Waals surface area contributed by atoms with Crippen molar-refractivity contribution in [3.05, 3.63) is 39.5 Å². The summed E-state index contributed by atoms with van der Waals surface area (Å²) >= 11 is 3.53. The minimum Gasteiger partial charge on any atom is -0.455 e. The Kier molecular flexibility index (Phi) is 5.96. The molecule has 0 bridgehead atoms. The normalized spacial score (nSPS) is 15.0. The van der Waals surface area contributed by atoms with E-state index in [-0.39, 0.29) is 5.91 Å². The molecule has 0 spiro atoms. The molecule has 25 heavy (non-hydrogen) atoms. The van der Waals surface area contributed by atoms with Gasteiger partial charge in [-0.1, -0.05) is 0 Å². The van der Waals surface area contributed by atoms with Gasteiger partial charge in [-0.2, -0.15) is 5.10 Å². The summed E-state index contributed by atoms with van der Waals surface area (Å²) < 4.78 is 8.70. The predicted molar refractivity (Wildman–Crippen MR) is 99.6 cm³/mol. The maximum atomic E-state index is 12.2. The number of hydrogen-bond acceptors (Lipinski definition) is 4. The highest BCUT2D eigenvalue weighted by Gasteiger charge is 2.16. The number of nitrogens with one attached hydrogen (secondary N) is 1. The number of furan rings is 1. The molecular formula is C18H25BrN4O2. The number of aromatic nitrogens is 2. The molecule has 6 nitrogen and oxygen atoms in total. The van der Waals surface area contributed by atoms with E-state index in [1.54, 1.807) is 6.07 Å². The Morgan fingerprint density at radius 2 is 2.08 bits per heavy atom. The maximum absolute atomic E-state index is 12.2. The molecule has 1 aliphatic heterocycles. The summed E-state index contributed by atoms with van der Waals surface area (Å²) in [4.78, 5) is 14.5. The molecule has 0 aromatic carbocycles. The third-order valence-electron chi connectivity index (χ3n) is 4.59. The summed E-state index contributed by atoms with van der Waals surface area (Å²) in [6, 6.07) is 3.67. The molecule has 1 aliphatic rings. The van der Waals surface area contributed by atoms with Gasteiger partial charge >= 0.3 is 0 Å². The number of aryl methyl sites for hydroxylation is 2. The molecule has 0 radical (unpaired) electrons. The molecule has 2 aromatic rings. The average molecular weight is 409 g/mol. The molecule has 1 N–H and O–H groups in total. The Bertz CT molecular complexity index is 732. The minimum absolute atomic E-state index is 0.151. The third kappa shape index (κ3) is 4.52. The van der Waals surface area contributed by atoms with E-state index in [1.807, 2.05) is 24.6 Å². The minimum atomic E-state index is -0.151. The van der Waals surface area contributed by atoms with Crippen LogP contribution >= 0.6 is 15.9 Å². The number of halogens is 1. The number of nitrogens with zero attached hydrogens (tertiary/aromatic N) is 3. The van der Waals surface area contributed by atoms with Gasteiger partial charge in [0.1, 0.15) is 5.76 Å². The van der Waals surface area contributed by atoms with Gasteiger partial charge in [0, 0.05) is 18.8 Å². The van der Waals surface area contributed by atoms with Gasteiger partial charge in [0.25, 0.3) is 5.91 Å². The van der Waals surface area contributed by atoms with Gasteiger partial charge < -0.3 is 9.73 Å². The predicted octanol–water partition coefficient (Wildman–Crippen LogP) is 3.27. The van der Waals surface area contributed by atoms with Gasteiger partial charge in [-0.3, -0.25) is 14.4 Å². The molecular weight excluding hydrogens is 384 g/mol. The largest absolute Gasteiger partial charge is 0.455 e. The first-order chi connectivity index (χ1) is 12.0. The molecule has 0 atom stereocenters. The van der Waals surface area contributed by atoms with E-state index in [0.29, 0.717) is 12.3 Å². The van der Waals surface area contributed by atoms with Crippen LogP contribution in [0.3, 0.4) is 0 Å². The maximum Gasteiger partial charge on any atom is 0.286 e. The fourth-order valence-electron chi connectivity index (χ4n) is 3.16. The van der Waals surface area contributed by atoms with Crippen LogP contribution in [0.25, 0.3) is 0 Å². The van der Waals surface area contributed by atoms with E-state index >= 15 is 0 Å². The Labute approximate surface area is 156 Å². The first kappa shape index (κ1) is 18.2. The number of amides is 1. The monoisotopic (exact) mass is 408 g/mol. The Balaban J connectivity index is 1.43. The van der Waals surface area contributed by atoms with Crippen molar-refractivity contribution in [2.75, 3.05) is 19.6 Å². The fraction of sp³-hybridized carbons (Fsp3) is 0.556. The molecule has 1 amide bonds. The summed E-state index contributed by atoms with van der Waals surface area (Å²) in [5, 5.41) is 7.39. The van der Waals surface area contributed by atoms with E-state index in [4.69, 9.17) is 4.42 Å². The Morgan fingerprint density at radius 3 is 2.76 bits per heavy atom. The van der Waals surface area contributed by atoms with Crippen molar-refractivity contribution >= 4 is 21.8 Å². The zero-order valence-electron chi connectivity index (χ0n) is 14.8. The van der Waals surface area contributed by atoms with E-state index in [2.05, 4.69) is 31.2 Å². The van der Waals surface area contributed by atoms with Crippen LogP contribution < -0.4 is 5.32 Å². The lowest BCUT2D eigenvalue weighted by Gasteiger charge is -2.11. The van der Waals surface area contributed by atoms with Crippen molar-refractivity contribution < 1.29 is 9.21 Å². The van der Waals surface area contributed by atoms with Gasteiger partial charge in [-0.15, -0.1) is 0 Å². The summed E-state index contributed by atoms with van der Waals surface area (Å²) in [5.74, 6) is 1.10. The van der Waals surface area contributed by atoms with E-state index < -0.39 is 0 Å². The van der Waals surface area contributed by atoms with Crippen molar-refractivity contribution in [3.63, 3.8) is 0 Å². The van der Waals surface area contributed by atoms with E-state index in [0.717, 1.165) is 54.2 Å². The molecule has 0 unspecified atom stereocenters. The fourth-order valence-corrected chi connectivity index (χ4v) is 3.44. The second kappa shape index (κ2) is 8.19. The first-order valence-corrected chi connectivity index (χ1v) is 9.62. The standard InChI is InChI=1S/C18H25BrN4O2/c1-13-17(19)14(2)23(21-13)11-5-8-20-18(24)16-7-6-15(25-16)12-22-9-3-4-10-22/h6-7H,3-5,8-12H2,1-2H3,(H,20,24). The van der Waals surface area contributed by atoms with Gasteiger partial charge in [0.2, 0.25) is 0 Å². The van der Waals surface area contributed by atoms with Crippen molar-refractivity contribution in [1.29, 1.82) is 0 Å². The molecule has 3 heterocycles. The van der Waals surface area contributed by atoms with Crippen LogP contribution in [0.4, 0.5) is 0 Å². The van der Waals surface area contributed by atoms with Crippen LogP contribution in [-0.2, 0) is 13.1 Å². The molecule has 136 valence electrons. The van der Waals surface area contributed by atoms with Gasteiger partial charge in [0.15, 0.2) is 5.76 Å². The summed E-state index contributed by atoms with van der Waals surface area (Å²) in [7, 11) is 0. The second-order valence-electron chi connectivity index (χ2n) is 6.57. The van der Waals surface area contributed by atoms with Gasteiger partial charge in [-0.05, 0) is 74.3 Å². The van der Waals surface area contributed by atoms with E-state index in [9.17, 15) is 4.79 Å². The number of rotatable bonds is 7. The van der Waals surface area contributed by atoms with Crippen molar-refractivity contribution in [2.45, 2.75) is 46.2 Å². The molecule has 0 aliphatic carbocycles. The number of hydrogen-bond donors (Lipinski definition) is 1. The van der Waals surface area contributed by atoms with Crippen LogP contribution in [0.1, 0.15) is 47.0 Å². The lowest BCUT2D eigenvalue weighted by Crippen LogP contribution is -2.25. The zero-order valence-corrected chi connectivity index (χ0v) is 16.4. The molecule has 7 heteroatoms. The van der Waals surface area contributed by atoms with Crippen LogP contribution in [0.2, 0.25) is 0 Å². The number of likely N-dealkylation sites (tertiary alicyclic amines) is 1. The van der Waals surface area contributed by atoms with Crippen LogP contribution in [-0.4, -0.2) is 40.2 Å². The highest BCUT2D eigenvalue weighted by atomic mass is 79.9. The lowest BCUT2D eigenvalue weighted by molar-refractivity contribution is 0.0921. The summed E-state index contributed by atoms with van der Waals surface area (Å²) in [6.45, 7) is 8.41. The van der Waals surface area contributed by atoms with Crippen LogP contribution in [0.5, 0.6) is 0 Å². The Morgan fingerprint density at radius 1 is 1.32 bits per heavy atom. The SMILES string of the molecule is Cc1nn(CCCNC(=O)c2ccc(CN3CCCC3)o2)c(C)c1Br. The van der Waals surface area contributed by atoms with Crippen molar-refractivity contribution in [3.8, 4) is 0 Å². The van der Waals surface area contributed by atoms with Crippen molar-refractivity contribution in [2.24, 2.45) is 0 Å². The van der Waals surface area contributed by atoms with Gasteiger partial charge in [-0.25, -0.2) is 0 Å². The molecule has 1 saturated heterocycles. The molecule has 3 rings (SSSR count). The smallest absolute Gasteiger partial charge is 0.286 e. The van der Waals surface area contributed by atoms with Gasteiger partial charge in [0.05, 0.1) is 16.7 Å². The second-order valence-corrected chi connectivity index (χ2v) is 7.36.